The van der Waals surface area contributed by atoms with Crippen molar-refractivity contribution in [3.05, 3.63) is 0 Å². The first kappa shape index (κ1) is 11.4. The van der Waals surface area contributed by atoms with Crippen LogP contribution in [0, 0.1) is 5.41 Å². The fourth-order valence-electron chi connectivity index (χ4n) is 2.52. The molecular formula is C12H24N2O. The van der Waals surface area contributed by atoms with Crippen molar-refractivity contribution in [3.8, 4) is 0 Å². The summed E-state index contributed by atoms with van der Waals surface area (Å²) in [5.41, 5.74) is 0.849. The first-order valence-corrected chi connectivity index (χ1v) is 6.02. The minimum absolute atomic E-state index is 0.250. The molecule has 1 saturated heterocycles. The molecule has 88 valence electrons. The van der Waals surface area contributed by atoms with Gasteiger partial charge in [0, 0.05) is 38.8 Å². The lowest BCUT2D eigenvalue weighted by Crippen LogP contribution is -2.47. The highest BCUT2D eigenvalue weighted by Crippen LogP contribution is 2.47. The van der Waals surface area contributed by atoms with Crippen LogP contribution in [-0.4, -0.2) is 50.3 Å². The summed E-state index contributed by atoms with van der Waals surface area (Å²) in [6, 6.07) is 0. The van der Waals surface area contributed by atoms with Crippen LogP contribution in [-0.2, 0) is 4.74 Å². The first-order valence-electron chi connectivity index (χ1n) is 6.02. The minimum Gasteiger partial charge on any atom is -0.383 e. The molecule has 0 amide bonds. The lowest BCUT2D eigenvalue weighted by atomic mass is 10.1. The van der Waals surface area contributed by atoms with Gasteiger partial charge in [-0.3, -0.25) is 4.90 Å². The van der Waals surface area contributed by atoms with E-state index in [2.05, 4.69) is 24.1 Å². The second-order valence-corrected chi connectivity index (χ2v) is 5.94. The average molecular weight is 212 g/mol. The molecule has 0 unspecified atom stereocenters. The molecule has 1 N–H and O–H groups in total. The lowest BCUT2D eigenvalue weighted by Gasteiger charge is -2.29. The van der Waals surface area contributed by atoms with Crippen LogP contribution < -0.4 is 5.32 Å². The Bertz CT molecular complexity index is 216. The highest BCUT2D eigenvalue weighted by atomic mass is 16.5. The van der Waals surface area contributed by atoms with Gasteiger partial charge in [0.25, 0.3) is 0 Å². The number of nitrogens with zero attached hydrogens (tertiary/aromatic N) is 1. The SMILES string of the molecule is COCCN1CC2(CC2)CNC(C)(C)C1. The lowest BCUT2D eigenvalue weighted by molar-refractivity contribution is 0.130. The summed E-state index contributed by atoms with van der Waals surface area (Å²) in [7, 11) is 1.79. The van der Waals surface area contributed by atoms with Crippen LogP contribution in [0.15, 0.2) is 0 Å². The van der Waals surface area contributed by atoms with Gasteiger partial charge in [0.2, 0.25) is 0 Å². The molecule has 1 spiro atoms. The quantitative estimate of drug-likeness (QED) is 0.758. The van der Waals surface area contributed by atoms with Crippen molar-refractivity contribution in [1.29, 1.82) is 0 Å². The van der Waals surface area contributed by atoms with E-state index in [1.54, 1.807) is 7.11 Å². The van der Waals surface area contributed by atoms with Gasteiger partial charge in [-0.2, -0.15) is 0 Å². The molecule has 15 heavy (non-hydrogen) atoms. The average Bonchev–Trinajstić information content (AvgIpc) is 2.93. The molecule has 1 aliphatic carbocycles. The van der Waals surface area contributed by atoms with Gasteiger partial charge < -0.3 is 10.1 Å². The second-order valence-electron chi connectivity index (χ2n) is 5.94. The molecule has 2 rings (SSSR count). The molecule has 0 aromatic rings. The maximum absolute atomic E-state index is 5.18. The zero-order valence-electron chi connectivity index (χ0n) is 10.3. The van der Waals surface area contributed by atoms with Crippen molar-refractivity contribution in [2.75, 3.05) is 39.9 Å². The van der Waals surface area contributed by atoms with Gasteiger partial charge in [-0.25, -0.2) is 0 Å². The third kappa shape index (κ3) is 2.92. The summed E-state index contributed by atoms with van der Waals surface area (Å²) in [6.45, 7) is 10.1. The molecule has 1 saturated carbocycles. The summed E-state index contributed by atoms with van der Waals surface area (Å²) < 4.78 is 5.18. The van der Waals surface area contributed by atoms with Crippen molar-refractivity contribution in [3.63, 3.8) is 0 Å². The molecule has 0 aromatic heterocycles. The van der Waals surface area contributed by atoms with Crippen molar-refractivity contribution in [2.24, 2.45) is 5.41 Å². The monoisotopic (exact) mass is 212 g/mol. The molecule has 0 bridgehead atoms. The number of hydrogen-bond donors (Lipinski definition) is 1. The van der Waals surface area contributed by atoms with E-state index < -0.39 is 0 Å². The van der Waals surface area contributed by atoms with Crippen molar-refractivity contribution in [1.82, 2.24) is 10.2 Å². The highest BCUT2D eigenvalue weighted by Gasteiger charge is 2.46. The summed E-state index contributed by atoms with van der Waals surface area (Å²) >= 11 is 0. The Balaban J connectivity index is 1.95. The number of hydrogen-bond acceptors (Lipinski definition) is 3. The predicted molar refractivity (Wildman–Crippen MR) is 62.1 cm³/mol. The Morgan fingerprint density at radius 3 is 2.60 bits per heavy atom. The van der Waals surface area contributed by atoms with Crippen molar-refractivity contribution in [2.45, 2.75) is 32.2 Å². The predicted octanol–water partition coefficient (Wildman–Crippen LogP) is 1.10. The Labute approximate surface area is 93.2 Å². The van der Waals surface area contributed by atoms with Crippen LogP contribution in [0.4, 0.5) is 0 Å². The second kappa shape index (κ2) is 4.04. The van der Waals surface area contributed by atoms with Crippen LogP contribution in [0.25, 0.3) is 0 Å². The number of rotatable bonds is 3. The van der Waals surface area contributed by atoms with Crippen LogP contribution in [0.1, 0.15) is 26.7 Å². The largest absolute Gasteiger partial charge is 0.383 e. The molecular weight excluding hydrogens is 188 g/mol. The molecule has 1 heterocycles. The van der Waals surface area contributed by atoms with E-state index >= 15 is 0 Å². The first-order chi connectivity index (χ1) is 7.05. The van der Waals surface area contributed by atoms with Gasteiger partial charge in [-0.1, -0.05) is 0 Å². The van der Waals surface area contributed by atoms with Crippen LogP contribution >= 0.6 is 0 Å². The van der Waals surface area contributed by atoms with Crippen molar-refractivity contribution >= 4 is 0 Å². The molecule has 2 fully saturated rings. The Hall–Kier alpha value is -0.120. The summed E-state index contributed by atoms with van der Waals surface area (Å²) in [5.74, 6) is 0. The Morgan fingerprint density at radius 2 is 2.00 bits per heavy atom. The zero-order chi connectivity index (χ0) is 10.9. The van der Waals surface area contributed by atoms with E-state index in [4.69, 9.17) is 4.74 Å². The molecule has 3 heteroatoms. The third-order valence-corrected chi connectivity index (χ3v) is 3.69. The third-order valence-electron chi connectivity index (χ3n) is 3.69. The smallest absolute Gasteiger partial charge is 0.0589 e. The van der Waals surface area contributed by atoms with Crippen LogP contribution in [0.2, 0.25) is 0 Å². The van der Waals surface area contributed by atoms with E-state index in [1.807, 2.05) is 0 Å². The maximum atomic E-state index is 5.18. The fourth-order valence-corrected chi connectivity index (χ4v) is 2.52. The topological polar surface area (TPSA) is 24.5 Å². The van der Waals surface area contributed by atoms with Crippen LogP contribution in [0.5, 0.6) is 0 Å². The molecule has 1 aliphatic heterocycles. The van der Waals surface area contributed by atoms with E-state index in [0.29, 0.717) is 5.41 Å². The number of methoxy groups -OCH3 is 1. The molecule has 0 atom stereocenters. The summed E-state index contributed by atoms with van der Waals surface area (Å²) in [6.07, 6.45) is 2.80. The maximum Gasteiger partial charge on any atom is 0.0589 e. The van der Waals surface area contributed by atoms with Gasteiger partial charge in [-0.15, -0.1) is 0 Å². The highest BCUT2D eigenvalue weighted by molar-refractivity contribution is 5.02. The van der Waals surface area contributed by atoms with E-state index in [9.17, 15) is 0 Å². The van der Waals surface area contributed by atoms with E-state index in [-0.39, 0.29) is 5.54 Å². The van der Waals surface area contributed by atoms with Crippen molar-refractivity contribution < 1.29 is 4.74 Å². The summed E-state index contributed by atoms with van der Waals surface area (Å²) in [5, 5.41) is 3.70. The number of ether oxygens (including phenoxy) is 1. The molecule has 3 nitrogen and oxygen atoms in total. The van der Waals surface area contributed by atoms with E-state index in [1.165, 1.54) is 25.9 Å². The van der Waals surface area contributed by atoms with Gasteiger partial charge in [0.05, 0.1) is 6.61 Å². The zero-order valence-corrected chi connectivity index (χ0v) is 10.3. The fraction of sp³-hybridized carbons (Fsp3) is 1.00. The van der Waals surface area contributed by atoms with Gasteiger partial charge >= 0.3 is 0 Å². The summed E-state index contributed by atoms with van der Waals surface area (Å²) in [4.78, 5) is 2.57. The van der Waals surface area contributed by atoms with Gasteiger partial charge in [0.1, 0.15) is 0 Å². The minimum atomic E-state index is 0.250. The van der Waals surface area contributed by atoms with E-state index in [0.717, 1.165) is 19.7 Å². The Morgan fingerprint density at radius 1 is 1.27 bits per heavy atom. The molecule has 2 aliphatic rings. The molecule has 0 radical (unpaired) electrons. The molecule has 0 aromatic carbocycles. The standard InChI is InChI=1S/C12H24N2O/c1-11(2)9-14(6-7-15-3)10-12(4-5-12)8-13-11/h13H,4-10H2,1-3H3. The number of nitrogens with one attached hydrogen (secondary N) is 1. The normalized spacial score (nSPS) is 29.0. The Kier molecular flexibility index (Phi) is 3.06. The van der Waals surface area contributed by atoms with Gasteiger partial charge in [0.15, 0.2) is 0 Å². The van der Waals surface area contributed by atoms with Crippen LogP contribution in [0.3, 0.4) is 0 Å². The van der Waals surface area contributed by atoms with Gasteiger partial charge in [-0.05, 0) is 32.1 Å².